The third kappa shape index (κ3) is 4.60. The van der Waals surface area contributed by atoms with E-state index in [4.69, 9.17) is 9.47 Å². The third-order valence-corrected chi connectivity index (χ3v) is 2.53. The summed E-state index contributed by atoms with van der Waals surface area (Å²) >= 11 is 0. The van der Waals surface area contributed by atoms with Crippen molar-refractivity contribution in [1.82, 2.24) is 5.32 Å². The molecule has 0 aromatic heterocycles. The Morgan fingerprint density at radius 2 is 2.46 bits per heavy atom. The highest BCUT2D eigenvalue weighted by molar-refractivity contribution is 4.69. The SMILES string of the molecule is COCCC(C)NCC1CCOC1. The van der Waals surface area contributed by atoms with Gasteiger partial charge in [0.25, 0.3) is 0 Å². The average molecular weight is 187 g/mol. The van der Waals surface area contributed by atoms with Gasteiger partial charge in [0.1, 0.15) is 0 Å². The fraction of sp³-hybridized carbons (Fsp3) is 1.00. The van der Waals surface area contributed by atoms with Crippen LogP contribution in [-0.4, -0.2) is 39.5 Å². The summed E-state index contributed by atoms with van der Waals surface area (Å²) in [5, 5.41) is 3.50. The van der Waals surface area contributed by atoms with Crippen molar-refractivity contribution in [2.24, 2.45) is 5.92 Å². The maximum atomic E-state index is 5.31. The van der Waals surface area contributed by atoms with Crippen LogP contribution in [0.15, 0.2) is 0 Å². The van der Waals surface area contributed by atoms with Crippen LogP contribution in [-0.2, 0) is 9.47 Å². The highest BCUT2D eigenvalue weighted by Gasteiger charge is 2.15. The van der Waals surface area contributed by atoms with Gasteiger partial charge < -0.3 is 14.8 Å². The zero-order chi connectivity index (χ0) is 9.52. The molecule has 1 rings (SSSR count). The van der Waals surface area contributed by atoms with Crippen LogP contribution in [0.2, 0.25) is 0 Å². The van der Waals surface area contributed by atoms with Gasteiger partial charge in [0.05, 0.1) is 6.61 Å². The molecule has 1 saturated heterocycles. The lowest BCUT2D eigenvalue weighted by atomic mass is 10.1. The molecule has 78 valence electrons. The van der Waals surface area contributed by atoms with Crippen molar-refractivity contribution in [2.45, 2.75) is 25.8 Å². The predicted molar refractivity (Wildman–Crippen MR) is 52.9 cm³/mol. The Hall–Kier alpha value is -0.120. The van der Waals surface area contributed by atoms with Crippen molar-refractivity contribution in [1.29, 1.82) is 0 Å². The Morgan fingerprint density at radius 1 is 1.62 bits per heavy atom. The summed E-state index contributed by atoms with van der Waals surface area (Å²) in [5.74, 6) is 0.727. The summed E-state index contributed by atoms with van der Waals surface area (Å²) in [6.45, 7) is 6.01. The van der Waals surface area contributed by atoms with Crippen molar-refractivity contribution >= 4 is 0 Å². The molecule has 1 N–H and O–H groups in total. The van der Waals surface area contributed by atoms with Crippen molar-refractivity contribution in [3.63, 3.8) is 0 Å². The molecule has 0 bridgehead atoms. The van der Waals surface area contributed by atoms with Gasteiger partial charge in [0.2, 0.25) is 0 Å². The first-order valence-electron chi connectivity index (χ1n) is 5.13. The fourth-order valence-corrected chi connectivity index (χ4v) is 1.51. The number of ether oxygens (including phenoxy) is 2. The molecule has 3 heteroatoms. The van der Waals surface area contributed by atoms with Crippen LogP contribution in [0.4, 0.5) is 0 Å². The van der Waals surface area contributed by atoms with Gasteiger partial charge in [-0.25, -0.2) is 0 Å². The van der Waals surface area contributed by atoms with E-state index in [1.807, 2.05) is 0 Å². The van der Waals surface area contributed by atoms with Crippen LogP contribution in [0.25, 0.3) is 0 Å². The lowest BCUT2D eigenvalue weighted by Crippen LogP contribution is -2.32. The average Bonchev–Trinajstić information content (AvgIpc) is 2.64. The molecule has 0 radical (unpaired) electrons. The first-order valence-corrected chi connectivity index (χ1v) is 5.13. The second kappa shape index (κ2) is 6.35. The van der Waals surface area contributed by atoms with Gasteiger partial charge in [-0.15, -0.1) is 0 Å². The fourth-order valence-electron chi connectivity index (χ4n) is 1.51. The first-order chi connectivity index (χ1) is 6.33. The molecule has 0 spiro atoms. The molecule has 3 nitrogen and oxygen atoms in total. The molecular weight excluding hydrogens is 166 g/mol. The molecule has 0 saturated carbocycles. The Bertz CT molecular complexity index is 124. The lowest BCUT2D eigenvalue weighted by Gasteiger charge is -2.15. The van der Waals surface area contributed by atoms with Gasteiger partial charge in [-0.1, -0.05) is 0 Å². The smallest absolute Gasteiger partial charge is 0.0507 e. The topological polar surface area (TPSA) is 30.5 Å². The normalized spacial score (nSPS) is 24.9. The first kappa shape index (κ1) is 11.0. The predicted octanol–water partition coefficient (Wildman–Crippen LogP) is 1.04. The van der Waals surface area contributed by atoms with Crippen molar-refractivity contribution in [2.75, 3.05) is 33.5 Å². The Morgan fingerprint density at radius 3 is 3.08 bits per heavy atom. The maximum absolute atomic E-state index is 5.31. The molecule has 13 heavy (non-hydrogen) atoms. The molecule has 2 atom stereocenters. The van der Waals surface area contributed by atoms with Gasteiger partial charge in [0, 0.05) is 32.9 Å². The minimum absolute atomic E-state index is 0.556. The zero-order valence-electron chi connectivity index (χ0n) is 8.71. The lowest BCUT2D eigenvalue weighted by molar-refractivity contribution is 0.177. The number of hydrogen-bond acceptors (Lipinski definition) is 3. The van der Waals surface area contributed by atoms with E-state index in [0.717, 1.165) is 38.7 Å². The van der Waals surface area contributed by atoms with Crippen molar-refractivity contribution in [3.05, 3.63) is 0 Å². The van der Waals surface area contributed by atoms with E-state index in [1.165, 1.54) is 6.42 Å². The Labute approximate surface area is 80.8 Å². The number of rotatable bonds is 6. The molecule has 0 aromatic carbocycles. The summed E-state index contributed by atoms with van der Waals surface area (Å²) in [6.07, 6.45) is 2.30. The number of methoxy groups -OCH3 is 1. The summed E-state index contributed by atoms with van der Waals surface area (Å²) in [6, 6.07) is 0.556. The van der Waals surface area contributed by atoms with E-state index in [0.29, 0.717) is 6.04 Å². The van der Waals surface area contributed by atoms with Gasteiger partial charge >= 0.3 is 0 Å². The summed E-state index contributed by atoms with van der Waals surface area (Å²) < 4.78 is 10.3. The van der Waals surface area contributed by atoms with E-state index in [9.17, 15) is 0 Å². The summed E-state index contributed by atoms with van der Waals surface area (Å²) in [5.41, 5.74) is 0. The largest absolute Gasteiger partial charge is 0.385 e. The molecule has 1 fully saturated rings. The van der Waals surface area contributed by atoms with E-state index in [1.54, 1.807) is 7.11 Å². The number of nitrogens with one attached hydrogen (secondary N) is 1. The van der Waals surface area contributed by atoms with Crippen molar-refractivity contribution < 1.29 is 9.47 Å². The monoisotopic (exact) mass is 187 g/mol. The molecule has 0 aliphatic carbocycles. The molecule has 0 amide bonds. The quantitative estimate of drug-likeness (QED) is 0.674. The second-order valence-corrected chi connectivity index (χ2v) is 3.82. The van der Waals surface area contributed by atoms with Crippen LogP contribution < -0.4 is 5.32 Å². The van der Waals surface area contributed by atoms with Gasteiger partial charge in [-0.3, -0.25) is 0 Å². The molecule has 1 aliphatic rings. The van der Waals surface area contributed by atoms with Crippen molar-refractivity contribution in [3.8, 4) is 0 Å². The summed E-state index contributed by atoms with van der Waals surface area (Å²) in [4.78, 5) is 0. The Kier molecular flexibility index (Phi) is 5.35. The highest BCUT2D eigenvalue weighted by atomic mass is 16.5. The van der Waals surface area contributed by atoms with Gasteiger partial charge in [-0.05, 0) is 25.7 Å². The van der Waals surface area contributed by atoms with Crippen LogP contribution in [0.5, 0.6) is 0 Å². The van der Waals surface area contributed by atoms with Crippen LogP contribution in [0, 0.1) is 5.92 Å². The van der Waals surface area contributed by atoms with E-state index in [2.05, 4.69) is 12.2 Å². The molecule has 1 aliphatic heterocycles. The zero-order valence-corrected chi connectivity index (χ0v) is 8.71. The standard InChI is InChI=1S/C10H21NO2/c1-9(3-5-12-2)11-7-10-4-6-13-8-10/h9-11H,3-8H2,1-2H3. The van der Waals surface area contributed by atoms with Crippen LogP contribution >= 0.6 is 0 Å². The maximum Gasteiger partial charge on any atom is 0.0507 e. The molecule has 1 heterocycles. The number of hydrogen-bond donors (Lipinski definition) is 1. The van der Waals surface area contributed by atoms with Crippen LogP contribution in [0.3, 0.4) is 0 Å². The third-order valence-electron chi connectivity index (χ3n) is 2.53. The van der Waals surface area contributed by atoms with Gasteiger partial charge in [-0.2, -0.15) is 0 Å². The second-order valence-electron chi connectivity index (χ2n) is 3.82. The van der Waals surface area contributed by atoms with Crippen LogP contribution in [0.1, 0.15) is 19.8 Å². The van der Waals surface area contributed by atoms with Gasteiger partial charge in [0.15, 0.2) is 0 Å². The molecule has 2 unspecified atom stereocenters. The molecular formula is C10H21NO2. The minimum atomic E-state index is 0.556. The summed E-state index contributed by atoms with van der Waals surface area (Å²) in [7, 11) is 1.75. The van der Waals surface area contributed by atoms with E-state index < -0.39 is 0 Å². The van der Waals surface area contributed by atoms with E-state index in [-0.39, 0.29) is 0 Å². The minimum Gasteiger partial charge on any atom is -0.385 e. The Balaban J connectivity index is 1.97. The molecule has 0 aromatic rings. The highest BCUT2D eigenvalue weighted by Crippen LogP contribution is 2.10. The van der Waals surface area contributed by atoms with E-state index >= 15 is 0 Å².